The van der Waals surface area contributed by atoms with Crippen molar-refractivity contribution in [1.82, 2.24) is 19.5 Å². The Morgan fingerprint density at radius 1 is 0.857 bits per heavy atom. The molecule has 28 heavy (non-hydrogen) atoms. The van der Waals surface area contributed by atoms with Gasteiger partial charge in [-0.3, -0.25) is 0 Å². The molecule has 0 aliphatic carbocycles. The third kappa shape index (κ3) is 3.74. The predicted molar refractivity (Wildman–Crippen MR) is 113 cm³/mol. The molecule has 0 radical (unpaired) electrons. The van der Waals surface area contributed by atoms with Gasteiger partial charge in [-0.25, -0.2) is 15.0 Å². The second-order valence-corrected chi connectivity index (χ2v) is 7.42. The molecule has 0 aliphatic heterocycles. The quantitative estimate of drug-likeness (QED) is 0.493. The first-order valence-corrected chi connectivity index (χ1v) is 9.63. The van der Waals surface area contributed by atoms with Gasteiger partial charge < -0.3 is 9.47 Å². The molecule has 2 heterocycles. The zero-order chi connectivity index (χ0) is 19.5. The summed E-state index contributed by atoms with van der Waals surface area (Å²) in [6, 6.07) is 21.0. The normalized spacial score (nSPS) is 11.3. The number of anilines is 1. The summed E-state index contributed by atoms with van der Waals surface area (Å²) in [4.78, 5) is 16.6. The van der Waals surface area contributed by atoms with E-state index in [4.69, 9.17) is 9.97 Å². The lowest BCUT2D eigenvalue weighted by atomic mass is 10.1. The van der Waals surface area contributed by atoms with E-state index in [1.165, 1.54) is 11.1 Å². The third-order valence-electron chi connectivity index (χ3n) is 4.81. The van der Waals surface area contributed by atoms with E-state index < -0.39 is 0 Å². The summed E-state index contributed by atoms with van der Waals surface area (Å²) in [6.07, 6.45) is 1.82. The first-order valence-electron chi connectivity index (χ1n) is 9.63. The van der Waals surface area contributed by atoms with Crippen LogP contribution in [0.25, 0.3) is 11.2 Å². The van der Waals surface area contributed by atoms with Crippen LogP contribution in [-0.2, 0) is 20.1 Å². The third-order valence-corrected chi connectivity index (χ3v) is 4.81. The molecule has 0 saturated heterocycles. The van der Waals surface area contributed by atoms with Crippen LogP contribution < -0.4 is 4.90 Å². The fourth-order valence-corrected chi connectivity index (χ4v) is 3.30. The van der Waals surface area contributed by atoms with Gasteiger partial charge in [0.1, 0.15) is 5.82 Å². The Morgan fingerprint density at radius 2 is 1.43 bits per heavy atom. The number of rotatable bonds is 6. The Morgan fingerprint density at radius 3 is 1.96 bits per heavy atom. The average Bonchev–Trinajstić information content (AvgIpc) is 3.09. The first kappa shape index (κ1) is 18.2. The lowest BCUT2D eigenvalue weighted by Crippen LogP contribution is -2.24. The minimum absolute atomic E-state index is 0.244. The fourth-order valence-electron chi connectivity index (χ4n) is 3.30. The van der Waals surface area contributed by atoms with E-state index in [1.807, 2.05) is 30.1 Å². The SMILES string of the molecule is CC(C)c1nc(N(Cc2ccccc2)Cc2ccccc2)c2ncn(C)c2n1. The number of hydrogen-bond acceptors (Lipinski definition) is 4. The summed E-state index contributed by atoms with van der Waals surface area (Å²) in [5.41, 5.74) is 4.21. The van der Waals surface area contributed by atoms with Crippen LogP contribution in [-0.4, -0.2) is 19.5 Å². The van der Waals surface area contributed by atoms with E-state index in [1.54, 1.807) is 0 Å². The molecule has 0 amide bonds. The number of aromatic nitrogens is 4. The fraction of sp³-hybridized carbons (Fsp3) is 0.261. The van der Waals surface area contributed by atoms with Crippen LogP contribution in [0.1, 0.15) is 36.7 Å². The average molecular weight is 371 g/mol. The molecule has 0 unspecified atom stereocenters. The van der Waals surface area contributed by atoms with E-state index in [9.17, 15) is 0 Å². The van der Waals surface area contributed by atoms with Gasteiger partial charge in [-0.1, -0.05) is 74.5 Å². The minimum Gasteiger partial charge on any atom is -0.346 e. The summed E-state index contributed by atoms with van der Waals surface area (Å²) < 4.78 is 1.97. The van der Waals surface area contributed by atoms with Crippen molar-refractivity contribution in [3.8, 4) is 0 Å². The molecular formula is C23H25N5. The Bertz CT molecular complexity index is 1010. The largest absolute Gasteiger partial charge is 0.346 e. The molecule has 0 bridgehead atoms. The van der Waals surface area contributed by atoms with Gasteiger partial charge in [0.2, 0.25) is 0 Å². The summed E-state index contributed by atoms with van der Waals surface area (Å²) in [5, 5.41) is 0. The van der Waals surface area contributed by atoms with Gasteiger partial charge in [-0.15, -0.1) is 0 Å². The lowest BCUT2D eigenvalue weighted by Gasteiger charge is -2.25. The maximum Gasteiger partial charge on any atom is 0.165 e. The number of aryl methyl sites for hydroxylation is 1. The van der Waals surface area contributed by atoms with Gasteiger partial charge in [-0.05, 0) is 11.1 Å². The first-order chi connectivity index (χ1) is 13.6. The van der Waals surface area contributed by atoms with Gasteiger partial charge in [0.25, 0.3) is 0 Å². The molecular weight excluding hydrogens is 346 g/mol. The van der Waals surface area contributed by atoms with Gasteiger partial charge in [0, 0.05) is 26.1 Å². The van der Waals surface area contributed by atoms with Crippen LogP contribution >= 0.6 is 0 Å². The Balaban J connectivity index is 1.83. The molecule has 2 aromatic heterocycles. The lowest BCUT2D eigenvalue weighted by molar-refractivity contribution is 0.742. The second-order valence-electron chi connectivity index (χ2n) is 7.42. The van der Waals surface area contributed by atoms with Gasteiger partial charge in [-0.2, -0.15) is 0 Å². The highest BCUT2D eigenvalue weighted by Crippen LogP contribution is 2.27. The Kier molecular flexibility index (Phi) is 5.06. The molecule has 0 N–H and O–H groups in total. The molecule has 4 aromatic rings. The van der Waals surface area contributed by atoms with E-state index in [0.29, 0.717) is 0 Å². The van der Waals surface area contributed by atoms with Crippen LogP contribution in [0.5, 0.6) is 0 Å². The topological polar surface area (TPSA) is 46.8 Å². The molecule has 0 aliphatic rings. The highest BCUT2D eigenvalue weighted by Gasteiger charge is 2.19. The highest BCUT2D eigenvalue weighted by atomic mass is 15.2. The van der Waals surface area contributed by atoms with Crippen molar-refractivity contribution < 1.29 is 0 Å². The zero-order valence-electron chi connectivity index (χ0n) is 16.6. The maximum absolute atomic E-state index is 4.95. The summed E-state index contributed by atoms with van der Waals surface area (Å²) in [7, 11) is 1.98. The molecule has 0 atom stereocenters. The zero-order valence-corrected chi connectivity index (χ0v) is 16.6. The van der Waals surface area contributed by atoms with Crippen molar-refractivity contribution in [1.29, 1.82) is 0 Å². The molecule has 0 spiro atoms. The number of nitrogens with zero attached hydrogens (tertiary/aromatic N) is 5. The number of fused-ring (bicyclic) bond motifs is 1. The highest BCUT2D eigenvalue weighted by molar-refractivity contribution is 5.83. The number of imidazole rings is 1. The number of benzene rings is 2. The molecule has 0 saturated carbocycles. The molecule has 5 heteroatoms. The summed E-state index contributed by atoms with van der Waals surface area (Å²) in [6.45, 7) is 5.77. The van der Waals surface area contributed by atoms with Crippen LogP contribution in [0, 0.1) is 0 Å². The smallest absolute Gasteiger partial charge is 0.165 e. The van der Waals surface area contributed by atoms with Crippen molar-refractivity contribution in [3.63, 3.8) is 0 Å². The van der Waals surface area contributed by atoms with Crippen LogP contribution in [0.2, 0.25) is 0 Å². The standard InChI is InChI=1S/C23H25N5/c1-17(2)21-25-22-20(24-16-27(22)3)23(26-21)28(14-18-10-6-4-7-11-18)15-19-12-8-5-9-13-19/h4-13,16-17H,14-15H2,1-3H3. The van der Waals surface area contributed by atoms with E-state index in [0.717, 1.165) is 35.9 Å². The monoisotopic (exact) mass is 371 g/mol. The van der Waals surface area contributed by atoms with Crippen LogP contribution in [0.15, 0.2) is 67.0 Å². The maximum atomic E-state index is 4.95. The van der Waals surface area contributed by atoms with Crippen molar-refractivity contribution >= 4 is 17.0 Å². The molecule has 4 rings (SSSR count). The minimum atomic E-state index is 0.244. The van der Waals surface area contributed by atoms with E-state index in [-0.39, 0.29) is 5.92 Å². The molecule has 2 aromatic carbocycles. The summed E-state index contributed by atoms with van der Waals surface area (Å²) in [5.74, 6) is 1.98. The van der Waals surface area contributed by atoms with E-state index in [2.05, 4.69) is 72.3 Å². The van der Waals surface area contributed by atoms with E-state index >= 15 is 0 Å². The Labute approximate surface area is 165 Å². The van der Waals surface area contributed by atoms with Crippen molar-refractivity contribution in [2.45, 2.75) is 32.9 Å². The molecule has 142 valence electrons. The van der Waals surface area contributed by atoms with Gasteiger partial charge in [0.15, 0.2) is 17.0 Å². The second kappa shape index (κ2) is 7.80. The van der Waals surface area contributed by atoms with Crippen LogP contribution in [0.4, 0.5) is 5.82 Å². The Hall–Kier alpha value is -3.21. The van der Waals surface area contributed by atoms with Crippen molar-refractivity contribution in [2.75, 3.05) is 4.90 Å². The molecule has 5 nitrogen and oxygen atoms in total. The van der Waals surface area contributed by atoms with Gasteiger partial charge >= 0.3 is 0 Å². The van der Waals surface area contributed by atoms with Crippen molar-refractivity contribution in [2.24, 2.45) is 7.05 Å². The predicted octanol–water partition coefficient (Wildman–Crippen LogP) is 4.69. The van der Waals surface area contributed by atoms with Gasteiger partial charge in [0.05, 0.1) is 6.33 Å². The number of hydrogen-bond donors (Lipinski definition) is 0. The molecule has 0 fully saturated rings. The van der Waals surface area contributed by atoms with Crippen molar-refractivity contribution in [3.05, 3.63) is 83.9 Å². The van der Waals surface area contributed by atoms with Crippen LogP contribution in [0.3, 0.4) is 0 Å². The summed E-state index contributed by atoms with van der Waals surface area (Å²) >= 11 is 0.